The summed E-state index contributed by atoms with van der Waals surface area (Å²) in [5.74, 6) is 0.218. The lowest BCUT2D eigenvalue weighted by atomic mass is 9.71. The number of rotatable bonds is 4. The first-order valence-electron chi connectivity index (χ1n) is 10.4. The third kappa shape index (κ3) is 2.65. The summed E-state index contributed by atoms with van der Waals surface area (Å²) in [5, 5.41) is 0. The first-order chi connectivity index (χ1) is 12.7. The topological polar surface area (TPSA) is 36.9 Å². The molecule has 4 unspecified atom stereocenters. The molecule has 142 valence electrons. The second-order valence-electron chi connectivity index (χ2n) is 8.67. The van der Waals surface area contributed by atoms with Gasteiger partial charge in [-0.05, 0) is 18.4 Å². The number of hydrogen-bond donors (Lipinski definition) is 0. The van der Waals surface area contributed by atoms with E-state index in [4.69, 9.17) is 18.9 Å². The highest BCUT2D eigenvalue weighted by Gasteiger charge is 2.67. The molecule has 4 bridgehead atoms. The highest BCUT2D eigenvalue weighted by molar-refractivity contribution is 5.14. The van der Waals surface area contributed by atoms with Crippen LogP contribution in [-0.2, 0) is 25.6 Å². The van der Waals surface area contributed by atoms with Gasteiger partial charge in [0.15, 0.2) is 0 Å². The lowest BCUT2D eigenvalue weighted by molar-refractivity contribution is -0.548. The van der Waals surface area contributed by atoms with E-state index in [1.807, 2.05) is 6.07 Å². The zero-order chi connectivity index (χ0) is 17.7. The fraction of sp³-hybridized carbons (Fsp3) is 0.727. The second-order valence-corrected chi connectivity index (χ2v) is 8.67. The maximum atomic E-state index is 6.54. The molecule has 3 heterocycles. The molecule has 4 atom stereocenters. The second kappa shape index (κ2) is 6.59. The average molecular weight is 358 g/mol. The fourth-order valence-electron chi connectivity index (χ4n) is 5.56. The van der Waals surface area contributed by atoms with Gasteiger partial charge in [-0.1, -0.05) is 63.4 Å². The average Bonchev–Trinajstić information content (AvgIpc) is 2.69. The van der Waals surface area contributed by atoms with Gasteiger partial charge in [-0.3, -0.25) is 0 Å². The highest BCUT2D eigenvalue weighted by atomic mass is 16.9. The summed E-state index contributed by atoms with van der Waals surface area (Å²) < 4.78 is 25.9. The van der Waals surface area contributed by atoms with E-state index in [9.17, 15) is 0 Å². The van der Waals surface area contributed by atoms with Crippen LogP contribution in [0.3, 0.4) is 0 Å². The van der Waals surface area contributed by atoms with Crippen LogP contribution >= 0.6 is 0 Å². The molecule has 0 amide bonds. The molecule has 2 aliphatic carbocycles. The van der Waals surface area contributed by atoms with Crippen LogP contribution in [0.2, 0.25) is 0 Å². The van der Waals surface area contributed by atoms with Gasteiger partial charge in [-0.25, -0.2) is 0 Å². The predicted molar refractivity (Wildman–Crippen MR) is 97.3 cm³/mol. The van der Waals surface area contributed by atoms with Crippen LogP contribution in [-0.4, -0.2) is 30.4 Å². The van der Waals surface area contributed by atoms with Gasteiger partial charge in [0.25, 0.3) is 5.97 Å². The van der Waals surface area contributed by atoms with Crippen molar-refractivity contribution >= 4 is 0 Å². The molecule has 4 heteroatoms. The first-order valence-corrected chi connectivity index (χ1v) is 10.4. The zero-order valence-electron chi connectivity index (χ0n) is 15.8. The van der Waals surface area contributed by atoms with Gasteiger partial charge < -0.3 is 18.9 Å². The van der Waals surface area contributed by atoms with Crippen LogP contribution in [0.1, 0.15) is 51.5 Å². The standard InChI is InChI=1S/C22H30O4/c1-14-18-15(2)20-21(23-13-16-9-5-3-6-10-16)19(14)25-22(24-18,26-20)17-11-7-4-8-12-17/h3,5-6,9-10,14-15,17-21H,4,7-8,11-13H2,1-2H3. The monoisotopic (exact) mass is 358 g/mol. The highest BCUT2D eigenvalue weighted by Crippen LogP contribution is 2.55. The first kappa shape index (κ1) is 17.2. The molecule has 0 radical (unpaired) electrons. The van der Waals surface area contributed by atoms with Crippen LogP contribution in [0, 0.1) is 17.8 Å². The molecular formula is C22H30O4. The number of ether oxygens (including phenoxy) is 4. The molecule has 3 saturated heterocycles. The van der Waals surface area contributed by atoms with Crippen molar-refractivity contribution in [2.45, 2.75) is 82.9 Å². The van der Waals surface area contributed by atoms with E-state index in [1.165, 1.54) is 24.8 Å². The Morgan fingerprint density at radius 2 is 1.50 bits per heavy atom. The third-order valence-corrected chi connectivity index (χ3v) is 7.01. The minimum Gasteiger partial charge on any atom is -0.368 e. The van der Waals surface area contributed by atoms with Gasteiger partial charge in [0.2, 0.25) is 0 Å². The molecule has 2 saturated carbocycles. The van der Waals surface area contributed by atoms with Gasteiger partial charge in [-0.15, -0.1) is 0 Å². The van der Waals surface area contributed by atoms with Gasteiger partial charge in [0, 0.05) is 17.8 Å². The van der Waals surface area contributed by atoms with Crippen molar-refractivity contribution in [3.05, 3.63) is 35.9 Å². The van der Waals surface area contributed by atoms with Crippen LogP contribution in [0.15, 0.2) is 30.3 Å². The predicted octanol–water partition coefficient (Wildman–Crippen LogP) is 4.27. The summed E-state index contributed by atoms with van der Waals surface area (Å²) in [5.41, 5.74) is 1.19. The van der Waals surface area contributed by atoms with E-state index in [-0.39, 0.29) is 24.4 Å². The summed E-state index contributed by atoms with van der Waals surface area (Å²) >= 11 is 0. The van der Waals surface area contributed by atoms with E-state index >= 15 is 0 Å². The quantitative estimate of drug-likeness (QED) is 0.805. The van der Waals surface area contributed by atoms with E-state index in [0.29, 0.717) is 24.4 Å². The van der Waals surface area contributed by atoms with E-state index in [1.54, 1.807) is 0 Å². The Morgan fingerprint density at radius 1 is 0.885 bits per heavy atom. The van der Waals surface area contributed by atoms with Crippen molar-refractivity contribution in [2.24, 2.45) is 17.8 Å². The summed E-state index contributed by atoms with van der Waals surface area (Å²) in [6.45, 7) is 5.10. The minimum atomic E-state index is -0.813. The Bertz CT molecular complexity index is 606. The Kier molecular flexibility index (Phi) is 4.35. The molecule has 0 aromatic heterocycles. The van der Waals surface area contributed by atoms with Crippen molar-refractivity contribution < 1.29 is 18.9 Å². The van der Waals surface area contributed by atoms with Crippen molar-refractivity contribution in [1.82, 2.24) is 0 Å². The van der Waals surface area contributed by atoms with Crippen LogP contribution in [0.5, 0.6) is 0 Å². The van der Waals surface area contributed by atoms with Crippen molar-refractivity contribution in [3.8, 4) is 0 Å². The van der Waals surface area contributed by atoms with Crippen molar-refractivity contribution in [1.29, 1.82) is 0 Å². The lowest BCUT2D eigenvalue weighted by Crippen LogP contribution is -2.76. The van der Waals surface area contributed by atoms with Crippen LogP contribution in [0.25, 0.3) is 0 Å². The van der Waals surface area contributed by atoms with Crippen LogP contribution < -0.4 is 0 Å². The number of hydrogen-bond acceptors (Lipinski definition) is 4. The molecule has 5 aliphatic rings. The number of benzene rings is 1. The summed E-state index contributed by atoms with van der Waals surface area (Å²) in [7, 11) is 0. The largest absolute Gasteiger partial charge is 0.368 e. The maximum Gasteiger partial charge on any atom is 0.286 e. The minimum absolute atomic E-state index is 0.0166. The maximum absolute atomic E-state index is 6.54. The van der Waals surface area contributed by atoms with E-state index in [0.717, 1.165) is 12.8 Å². The molecule has 3 aliphatic heterocycles. The fourth-order valence-corrected chi connectivity index (χ4v) is 5.56. The Morgan fingerprint density at radius 3 is 2.15 bits per heavy atom. The molecule has 1 aromatic carbocycles. The Hall–Kier alpha value is -0.940. The van der Waals surface area contributed by atoms with Crippen LogP contribution in [0.4, 0.5) is 0 Å². The van der Waals surface area contributed by atoms with Gasteiger partial charge in [0.05, 0.1) is 24.9 Å². The van der Waals surface area contributed by atoms with E-state index in [2.05, 4.69) is 38.1 Å². The van der Waals surface area contributed by atoms with E-state index < -0.39 is 5.97 Å². The Balaban J connectivity index is 1.37. The lowest BCUT2D eigenvalue weighted by Gasteiger charge is -2.64. The normalized spacial score (nSPS) is 45.2. The molecule has 0 spiro atoms. The third-order valence-electron chi connectivity index (χ3n) is 7.01. The Labute approximate surface area is 156 Å². The van der Waals surface area contributed by atoms with Gasteiger partial charge in [0.1, 0.15) is 6.10 Å². The summed E-state index contributed by atoms with van der Waals surface area (Å²) in [4.78, 5) is 0. The van der Waals surface area contributed by atoms with Gasteiger partial charge in [-0.2, -0.15) is 0 Å². The molecule has 4 nitrogen and oxygen atoms in total. The molecule has 1 aromatic rings. The molecule has 26 heavy (non-hydrogen) atoms. The molecular weight excluding hydrogens is 328 g/mol. The zero-order valence-corrected chi connectivity index (χ0v) is 15.8. The SMILES string of the molecule is CC1C2OC3(C4CCCCC4)OC1C(OCc1ccccc1)C(O3)C2C. The van der Waals surface area contributed by atoms with Crippen molar-refractivity contribution in [3.63, 3.8) is 0 Å². The van der Waals surface area contributed by atoms with Crippen molar-refractivity contribution in [2.75, 3.05) is 0 Å². The smallest absolute Gasteiger partial charge is 0.286 e. The summed E-state index contributed by atoms with van der Waals surface area (Å²) in [6.07, 6.45) is 6.43. The molecule has 5 fully saturated rings. The van der Waals surface area contributed by atoms with Gasteiger partial charge >= 0.3 is 0 Å². The summed E-state index contributed by atoms with van der Waals surface area (Å²) in [6, 6.07) is 10.4. The molecule has 6 rings (SSSR count). The molecule has 0 N–H and O–H groups in total.